The Bertz CT molecular complexity index is 1010. The zero-order valence-electron chi connectivity index (χ0n) is 18.8. The van der Waals surface area contributed by atoms with Crippen molar-refractivity contribution in [3.63, 3.8) is 0 Å². The average molecular weight is 436 g/mol. The summed E-state index contributed by atoms with van der Waals surface area (Å²) in [5.41, 5.74) is 2.08. The van der Waals surface area contributed by atoms with E-state index in [1.54, 1.807) is 31.8 Å². The van der Waals surface area contributed by atoms with Crippen LogP contribution in [0.3, 0.4) is 0 Å². The van der Waals surface area contributed by atoms with Crippen LogP contribution in [0.5, 0.6) is 0 Å². The number of hydrogen-bond acceptors (Lipinski definition) is 5. The van der Waals surface area contributed by atoms with Crippen LogP contribution in [0.4, 0.5) is 4.79 Å². The predicted molar refractivity (Wildman–Crippen MR) is 121 cm³/mol. The van der Waals surface area contributed by atoms with E-state index >= 15 is 0 Å². The minimum atomic E-state index is -0.774. The normalized spacial score (nSPS) is 13.1. The monoisotopic (exact) mass is 435 g/mol. The number of hydrogen-bond donors (Lipinski definition) is 2. The number of nitrogens with zero attached hydrogens (tertiary/aromatic N) is 3. The van der Waals surface area contributed by atoms with Crippen LogP contribution in [0.2, 0.25) is 0 Å². The molecule has 2 atom stereocenters. The topological polar surface area (TPSA) is 98.1 Å². The molecule has 0 aliphatic carbocycles. The van der Waals surface area contributed by atoms with Gasteiger partial charge in [0.05, 0.1) is 11.7 Å². The van der Waals surface area contributed by atoms with Crippen LogP contribution in [0.15, 0.2) is 67.3 Å². The molecule has 0 aliphatic rings. The molecule has 1 heterocycles. The highest BCUT2D eigenvalue weighted by molar-refractivity contribution is 5.86. The molecule has 0 spiro atoms. The second kappa shape index (κ2) is 10.1. The van der Waals surface area contributed by atoms with Crippen LogP contribution in [0.25, 0.3) is 5.69 Å². The molecule has 0 bridgehead atoms. The molecule has 168 valence electrons. The number of rotatable bonds is 7. The minimum absolute atomic E-state index is 0.258. The molecule has 2 N–H and O–H groups in total. The number of benzene rings is 2. The van der Waals surface area contributed by atoms with Crippen molar-refractivity contribution in [2.75, 3.05) is 0 Å². The second-order valence-electron chi connectivity index (χ2n) is 8.55. The van der Waals surface area contributed by atoms with Gasteiger partial charge < -0.3 is 15.4 Å². The van der Waals surface area contributed by atoms with Crippen molar-refractivity contribution in [3.8, 4) is 5.69 Å². The second-order valence-corrected chi connectivity index (χ2v) is 8.55. The number of nitrogens with one attached hydrogen (secondary N) is 2. The highest BCUT2D eigenvalue weighted by Gasteiger charge is 2.26. The fourth-order valence-electron chi connectivity index (χ4n) is 3.16. The van der Waals surface area contributed by atoms with Gasteiger partial charge in [-0.1, -0.05) is 42.5 Å². The van der Waals surface area contributed by atoms with Crippen molar-refractivity contribution < 1.29 is 14.3 Å². The smallest absolute Gasteiger partial charge is 0.408 e. The lowest BCUT2D eigenvalue weighted by atomic mass is 10.0. The van der Waals surface area contributed by atoms with Gasteiger partial charge in [-0.2, -0.15) is 5.10 Å². The largest absolute Gasteiger partial charge is 0.444 e. The van der Waals surface area contributed by atoms with E-state index in [0.717, 1.165) is 16.8 Å². The van der Waals surface area contributed by atoms with Gasteiger partial charge in [0.1, 0.15) is 24.3 Å². The van der Waals surface area contributed by atoms with E-state index in [9.17, 15) is 9.59 Å². The van der Waals surface area contributed by atoms with Crippen molar-refractivity contribution in [1.29, 1.82) is 0 Å². The summed E-state index contributed by atoms with van der Waals surface area (Å²) in [6.07, 6.45) is 2.82. The molecular weight excluding hydrogens is 406 g/mol. The van der Waals surface area contributed by atoms with Crippen LogP contribution in [0, 0.1) is 0 Å². The van der Waals surface area contributed by atoms with Crippen LogP contribution in [-0.4, -0.2) is 38.4 Å². The maximum Gasteiger partial charge on any atom is 0.408 e. The van der Waals surface area contributed by atoms with E-state index < -0.39 is 17.7 Å². The Hall–Kier alpha value is -3.68. The third kappa shape index (κ3) is 6.66. The van der Waals surface area contributed by atoms with E-state index in [2.05, 4.69) is 20.7 Å². The first-order valence-electron chi connectivity index (χ1n) is 10.5. The molecule has 0 aliphatic heterocycles. The van der Waals surface area contributed by atoms with Gasteiger partial charge in [-0.15, -0.1) is 0 Å². The molecule has 3 rings (SSSR count). The van der Waals surface area contributed by atoms with Gasteiger partial charge in [0.25, 0.3) is 0 Å². The Morgan fingerprint density at radius 3 is 2.31 bits per heavy atom. The lowest BCUT2D eigenvalue weighted by Gasteiger charge is -2.25. The number of aromatic nitrogens is 3. The molecule has 0 saturated carbocycles. The molecule has 1 aromatic heterocycles. The number of ether oxygens (including phenoxy) is 1. The maximum absolute atomic E-state index is 13.1. The summed E-state index contributed by atoms with van der Waals surface area (Å²) in [4.78, 5) is 29.4. The van der Waals surface area contributed by atoms with Gasteiger partial charge in [0.15, 0.2) is 0 Å². The van der Waals surface area contributed by atoms with Crippen molar-refractivity contribution in [3.05, 3.63) is 78.4 Å². The van der Waals surface area contributed by atoms with Gasteiger partial charge in [-0.05, 0) is 51.0 Å². The van der Waals surface area contributed by atoms with Gasteiger partial charge in [0.2, 0.25) is 5.91 Å². The summed E-state index contributed by atoms with van der Waals surface area (Å²) in [5, 5.41) is 9.82. The lowest BCUT2D eigenvalue weighted by Crippen LogP contribution is -2.49. The molecular formula is C24H29N5O3. The fourth-order valence-corrected chi connectivity index (χ4v) is 3.16. The standard InChI is InChI=1S/C24H29N5O3/c1-17(19-10-12-20(13-11-19)29-16-25-15-26-29)27-22(30)21(14-18-8-6-5-7-9-18)28-23(31)32-24(2,3)4/h5-13,15-17,21H,14H2,1-4H3,(H,27,30)(H,28,31)/t17-,21-/m0/s1. The molecule has 8 nitrogen and oxygen atoms in total. The molecule has 2 aromatic carbocycles. The third-order valence-corrected chi connectivity index (χ3v) is 4.73. The number of amides is 2. The molecule has 0 saturated heterocycles. The Labute approximate surface area is 188 Å². The first kappa shape index (κ1) is 23.0. The average Bonchev–Trinajstić information content (AvgIpc) is 3.27. The molecule has 0 radical (unpaired) electrons. The summed E-state index contributed by atoms with van der Waals surface area (Å²) in [7, 11) is 0. The number of carbonyl (C=O) groups excluding carboxylic acids is 2. The highest BCUT2D eigenvalue weighted by atomic mass is 16.6. The SMILES string of the molecule is C[C@H](NC(=O)[C@H](Cc1ccccc1)NC(=O)OC(C)(C)C)c1ccc(-n2cncn2)cc1. The molecule has 8 heteroatoms. The lowest BCUT2D eigenvalue weighted by molar-refractivity contribution is -0.123. The summed E-state index contributed by atoms with van der Waals surface area (Å²) in [6.45, 7) is 7.24. The van der Waals surface area contributed by atoms with Crippen molar-refractivity contribution >= 4 is 12.0 Å². The summed E-state index contributed by atoms with van der Waals surface area (Å²) in [6, 6.07) is 16.2. The van der Waals surface area contributed by atoms with Gasteiger partial charge in [-0.3, -0.25) is 4.79 Å². The van der Waals surface area contributed by atoms with Gasteiger partial charge in [-0.25, -0.2) is 14.5 Å². The first-order chi connectivity index (χ1) is 15.2. The zero-order chi connectivity index (χ0) is 23.1. The molecule has 0 unspecified atom stereocenters. The van der Waals surface area contributed by atoms with E-state index in [1.807, 2.05) is 61.5 Å². The maximum atomic E-state index is 13.1. The van der Waals surface area contributed by atoms with Crippen LogP contribution in [-0.2, 0) is 16.0 Å². The quantitative estimate of drug-likeness (QED) is 0.591. The zero-order valence-corrected chi connectivity index (χ0v) is 18.8. The molecule has 2 amide bonds. The van der Waals surface area contributed by atoms with Crippen LogP contribution in [0.1, 0.15) is 44.9 Å². The molecule has 0 fully saturated rings. The van der Waals surface area contributed by atoms with E-state index in [-0.39, 0.29) is 11.9 Å². The van der Waals surface area contributed by atoms with Crippen LogP contribution < -0.4 is 10.6 Å². The van der Waals surface area contributed by atoms with Crippen molar-refractivity contribution in [2.24, 2.45) is 0 Å². The molecule has 3 aromatic rings. The van der Waals surface area contributed by atoms with E-state index in [1.165, 1.54) is 6.33 Å². The highest BCUT2D eigenvalue weighted by Crippen LogP contribution is 2.16. The van der Waals surface area contributed by atoms with Gasteiger partial charge >= 0.3 is 6.09 Å². The van der Waals surface area contributed by atoms with Crippen molar-refractivity contribution in [2.45, 2.75) is 51.8 Å². The third-order valence-electron chi connectivity index (χ3n) is 4.73. The van der Waals surface area contributed by atoms with E-state index in [4.69, 9.17) is 4.74 Å². The predicted octanol–water partition coefficient (Wildman–Crippen LogP) is 3.58. The number of carbonyl (C=O) groups is 2. The summed E-state index contributed by atoms with van der Waals surface area (Å²) >= 11 is 0. The minimum Gasteiger partial charge on any atom is -0.444 e. The molecule has 32 heavy (non-hydrogen) atoms. The summed E-state index contributed by atoms with van der Waals surface area (Å²) < 4.78 is 7.01. The Morgan fingerprint density at radius 1 is 1.03 bits per heavy atom. The van der Waals surface area contributed by atoms with E-state index in [0.29, 0.717) is 6.42 Å². The Balaban J connectivity index is 1.69. The number of alkyl carbamates (subject to hydrolysis) is 1. The van der Waals surface area contributed by atoms with Crippen molar-refractivity contribution in [1.82, 2.24) is 25.4 Å². The van der Waals surface area contributed by atoms with Crippen LogP contribution >= 0.6 is 0 Å². The summed E-state index contributed by atoms with van der Waals surface area (Å²) in [5.74, 6) is -0.285. The first-order valence-corrected chi connectivity index (χ1v) is 10.5. The fraction of sp³-hybridized carbons (Fsp3) is 0.333. The Morgan fingerprint density at radius 2 is 1.72 bits per heavy atom. The Kier molecular flexibility index (Phi) is 7.25. The van der Waals surface area contributed by atoms with Gasteiger partial charge in [0, 0.05) is 6.42 Å².